The van der Waals surface area contributed by atoms with E-state index in [1.165, 1.54) is 6.07 Å². The number of hydrogen-bond donors (Lipinski definition) is 2. The number of fused-ring (bicyclic) bond motifs is 1. The fraction of sp³-hybridized carbons (Fsp3) is 0.125. The average molecular weight is 197 g/mol. The summed E-state index contributed by atoms with van der Waals surface area (Å²) in [6, 6.07) is 3.08. The number of benzene rings is 1. The van der Waals surface area contributed by atoms with Crippen LogP contribution in [0.5, 0.6) is 5.75 Å². The van der Waals surface area contributed by atoms with Crippen LogP contribution >= 0.6 is 11.3 Å². The van der Waals surface area contributed by atoms with Crippen LogP contribution in [0.4, 0.5) is 0 Å². The van der Waals surface area contributed by atoms with Crippen LogP contribution in [-0.4, -0.2) is 5.11 Å². The van der Waals surface area contributed by atoms with E-state index in [2.05, 4.69) is 0 Å². The first-order valence-electron chi connectivity index (χ1n) is 3.66. The van der Waals surface area contributed by atoms with Crippen LogP contribution in [-0.2, 0) is 6.54 Å². The maximum Gasteiger partial charge on any atom is 0.396 e. The highest BCUT2D eigenvalue weighted by atomic mass is 32.1. The fourth-order valence-corrected chi connectivity index (χ4v) is 1.80. The first-order valence-corrected chi connectivity index (χ1v) is 4.48. The van der Waals surface area contributed by atoms with Crippen molar-refractivity contribution in [1.82, 2.24) is 0 Å². The van der Waals surface area contributed by atoms with Crippen molar-refractivity contribution in [3.05, 3.63) is 27.4 Å². The molecule has 1 aromatic carbocycles. The Labute approximate surface area is 77.2 Å². The van der Waals surface area contributed by atoms with Crippen molar-refractivity contribution in [2.24, 2.45) is 5.73 Å². The van der Waals surface area contributed by atoms with Crippen molar-refractivity contribution in [3.63, 3.8) is 0 Å². The van der Waals surface area contributed by atoms with E-state index < -0.39 is 0 Å². The Morgan fingerprint density at radius 2 is 2.31 bits per heavy atom. The molecule has 1 aromatic heterocycles. The molecule has 0 amide bonds. The maximum absolute atomic E-state index is 10.8. The van der Waals surface area contributed by atoms with E-state index in [0.717, 1.165) is 11.3 Å². The molecule has 0 spiro atoms. The van der Waals surface area contributed by atoms with Gasteiger partial charge in [0.1, 0.15) is 11.3 Å². The number of phenolic OH excluding ortho intramolecular Hbond substituents is 1. The summed E-state index contributed by atoms with van der Waals surface area (Å²) in [6.45, 7) is 0.224. The molecule has 2 rings (SSSR count). The molecule has 0 saturated carbocycles. The monoisotopic (exact) mass is 197 g/mol. The highest BCUT2D eigenvalue weighted by Crippen LogP contribution is 2.26. The topological polar surface area (TPSA) is 76.5 Å². The molecular weight excluding hydrogens is 190 g/mol. The van der Waals surface area contributed by atoms with Gasteiger partial charge in [-0.05, 0) is 6.07 Å². The molecule has 0 atom stereocenters. The van der Waals surface area contributed by atoms with Crippen molar-refractivity contribution in [2.45, 2.75) is 6.54 Å². The van der Waals surface area contributed by atoms with E-state index in [0.29, 0.717) is 15.8 Å². The van der Waals surface area contributed by atoms with Gasteiger partial charge in [-0.1, -0.05) is 11.3 Å². The normalized spacial score (nSPS) is 10.8. The van der Waals surface area contributed by atoms with Crippen LogP contribution in [0.2, 0.25) is 0 Å². The Morgan fingerprint density at radius 3 is 3.00 bits per heavy atom. The van der Waals surface area contributed by atoms with Crippen LogP contribution in [0.15, 0.2) is 21.3 Å². The minimum atomic E-state index is -0.372. The molecule has 2 aromatic rings. The predicted molar refractivity (Wildman–Crippen MR) is 49.9 cm³/mol. The van der Waals surface area contributed by atoms with Crippen molar-refractivity contribution < 1.29 is 9.52 Å². The second kappa shape index (κ2) is 2.86. The summed E-state index contributed by atoms with van der Waals surface area (Å²) in [5.41, 5.74) is 6.43. The average Bonchev–Trinajstić information content (AvgIpc) is 2.42. The van der Waals surface area contributed by atoms with E-state index in [4.69, 9.17) is 10.2 Å². The van der Waals surface area contributed by atoms with Gasteiger partial charge in [0.15, 0.2) is 0 Å². The van der Waals surface area contributed by atoms with Crippen molar-refractivity contribution in [2.75, 3.05) is 0 Å². The highest BCUT2D eigenvalue weighted by Gasteiger charge is 2.06. The summed E-state index contributed by atoms with van der Waals surface area (Å²) in [4.78, 5) is 10.5. The molecule has 0 radical (unpaired) electrons. The third-order valence-corrected chi connectivity index (χ3v) is 2.54. The molecule has 5 heteroatoms. The lowest BCUT2D eigenvalue weighted by atomic mass is 10.2. The van der Waals surface area contributed by atoms with E-state index in [9.17, 15) is 9.90 Å². The molecule has 4 nitrogen and oxygen atoms in total. The molecule has 1 heterocycles. The van der Waals surface area contributed by atoms with Crippen molar-refractivity contribution in [1.29, 1.82) is 0 Å². The summed E-state index contributed by atoms with van der Waals surface area (Å²) < 4.78 is 5.50. The van der Waals surface area contributed by atoms with Crippen molar-refractivity contribution in [3.8, 4) is 5.75 Å². The summed E-state index contributed by atoms with van der Waals surface area (Å²) >= 11 is 0.962. The van der Waals surface area contributed by atoms with E-state index in [1.807, 2.05) is 0 Å². The standard InChI is InChI=1S/C8H7NO3S/c9-3-4-1-6-7(2-5(4)10)13-8(11)12-6/h1-2,10H,3,9H2. The van der Waals surface area contributed by atoms with E-state index >= 15 is 0 Å². The number of nitrogens with two attached hydrogens (primary N) is 1. The summed E-state index contributed by atoms with van der Waals surface area (Å²) in [5, 5.41) is 9.40. The van der Waals surface area contributed by atoms with Gasteiger partial charge in [0.05, 0.1) is 4.70 Å². The van der Waals surface area contributed by atoms with E-state index in [1.54, 1.807) is 6.07 Å². The Kier molecular flexibility index (Phi) is 1.82. The molecule has 0 fully saturated rings. The molecule has 3 N–H and O–H groups in total. The minimum Gasteiger partial charge on any atom is -0.508 e. The Bertz CT molecular complexity index is 500. The molecule has 0 aliphatic heterocycles. The van der Waals surface area contributed by atoms with Crippen LogP contribution in [0.3, 0.4) is 0 Å². The van der Waals surface area contributed by atoms with Gasteiger partial charge >= 0.3 is 4.94 Å². The lowest BCUT2D eigenvalue weighted by Gasteiger charge is -1.98. The summed E-state index contributed by atoms with van der Waals surface area (Å²) in [5.74, 6) is 0.104. The molecule has 0 aliphatic carbocycles. The molecule has 68 valence electrons. The quantitative estimate of drug-likeness (QED) is 0.715. The Balaban J connectivity index is 2.80. The lowest BCUT2D eigenvalue weighted by molar-refractivity contribution is 0.468. The molecule has 0 saturated heterocycles. The molecule has 0 aliphatic rings. The molecular formula is C8H7NO3S. The smallest absolute Gasteiger partial charge is 0.396 e. The Hall–Kier alpha value is -1.33. The summed E-state index contributed by atoms with van der Waals surface area (Å²) in [6.07, 6.45) is 0. The number of rotatable bonds is 1. The fourth-order valence-electron chi connectivity index (χ4n) is 1.11. The number of hydrogen-bond acceptors (Lipinski definition) is 5. The van der Waals surface area contributed by atoms with Gasteiger partial charge in [-0.3, -0.25) is 0 Å². The molecule has 0 bridgehead atoms. The number of aromatic hydroxyl groups is 1. The highest BCUT2D eigenvalue weighted by molar-refractivity contribution is 7.16. The minimum absolute atomic E-state index is 0.104. The zero-order chi connectivity index (χ0) is 9.42. The Morgan fingerprint density at radius 1 is 1.54 bits per heavy atom. The summed E-state index contributed by atoms with van der Waals surface area (Å²) in [7, 11) is 0. The van der Waals surface area contributed by atoms with Crippen LogP contribution in [0, 0.1) is 0 Å². The molecule has 13 heavy (non-hydrogen) atoms. The SMILES string of the molecule is NCc1cc2oc(=O)sc2cc1O. The van der Waals surface area contributed by atoms with Crippen LogP contribution in [0.25, 0.3) is 10.3 Å². The van der Waals surface area contributed by atoms with Gasteiger partial charge in [-0.25, -0.2) is 4.79 Å². The zero-order valence-electron chi connectivity index (χ0n) is 6.61. The molecule has 0 unspecified atom stereocenters. The van der Waals surface area contributed by atoms with Gasteiger partial charge in [-0.15, -0.1) is 0 Å². The second-order valence-corrected chi connectivity index (χ2v) is 3.56. The third kappa shape index (κ3) is 1.32. The van der Waals surface area contributed by atoms with E-state index in [-0.39, 0.29) is 17.2 Å². The van der Waals surface area contributed by atoms with Gasteiger partial charge in [0, 0.05) is 18.2 Å². The third-order valence-electron chi connectivity index (χ3n) is 1.75. The lowest BCUT2D eigenvalue weighted by Crippen LogP contribution is -1.95. The number of phenols is 1. The van der Waals surface area contributed by atoms with Gasteiger partial charge < -0.3 is 15.3 Å². The van der Waals surface area contributed by atoms with Gasteiger partial charge in [0.25, 0.3) is 0 Å². The largest absolute Gasteiger partial charge is 0.508 e. The van der Waals surface area contributed by atoms with Gasteiger partial charge in [-0.2, -0.15) is 0 Å². The first-order chi connectivity index (χ1) is 6.20. The van der Waals surface area contributed by atoms with Crippen molar-refractivity contribution >= 4 is 21.6 Å². The van der Waals surface area contributed by atoms with Crippen LogP contribution in [0.1, 0.15) is 5.56 Å². The van der Waals surface area contributed by atoms with Crippen LogP contribution < -0.4 is 10.7 Å². The van der Waals surface area contributed by atoms with Gasteiger partial charge in [0.2, 0.25) is 0 Å². The predicted octanol–water partition coefficient (Wildman–Crippen LogP) is 1.02. The first kappa shape index (κ1) is 8.28. The second-order valence-electron chi connectivity index (χ2n) is 2.59. The zero-order valence-corrected chi connectivity index (χ0v) is 7.43. The maximum atomic E-state index is 10.8.